The number of sulfonamides is 1. The van der Waals surface area contributed by atoms with Crippen LogP contribution in [0.5, 0.6) is 0 Å². The summed E-state index contributed by atoms with van der Waals surface area (Å²) in [4.78, 5) is 5.05. The number of hydrogen-bond acceptors (Lipinski definition) is 6. The monoisotopic (exact) mass is 346 g/mol. The molecular weight excluding hydrogens is 328 g/mol. The van der Waals surface area contributed by atoms with Gasteiger partial charge in [0.25, 0.3) is 10.0 Å². The molecule has 9 heteroatoms. The summed E-state index contributed by atoms with van der Waals surface area (Å²) in [6, 6.07) is 0.0231. The van der Waals surface area contributed by atoms with Crippen LogP contribution in [0.15, 0.2) is 16.6 Å². The lowest BCUT2D eigenvalue weighted by molar-refractivity contribution is 0.526. The molecule has 3 rings (SSSR count). The summed E-state index contributed by atoms with van der Waals surface area (Å²) in [7, 11) is -3.58. The lowest BCUT2D eigenvalue weighted by atomic mass is 10.2. The van der Waals surface area contributed by atoms with Crippen LogP contribution in [0.3, 0.4) is 0 Å². The van der Waals surface area contributed by atoms with Crippen molar-refractivity contribution in [2.45, 2.75) is 30.8 Å². The van der Waals surface area contributed by atoms with Gasteiger partial charge in [-0.2, -0.15) is 11.8 Å². The highest BCUT2D eigenvalue weighted by molar-refractivity contribution is 7.99. The van der Waals surface area contributed by atoms with Crippen LogP contribution in [-0.2, 0) is 10.0 Å². The maximum atomic E-state index is 12.8. The minimum absolute atomic E-state index is 0.0231. The number of hydrogen-bond donors (Lipinski definition) is 2. The topological polar surface area (TPSA) is 75.5 Å². The maximum absolute atomic E-state index is 12.8. The first-order chi connectivity index (χ1) is 10.1. The van der Waals surface area contributed by atoms with Crippen molar-refractivity contribution in [1.82, 2.24) is 14.1 Å². The SMILES string of the molecule is CCNc1nc2sccn2c1S(=O)(=O)NC1CCSCC1. The number of nitrogens with zero attached hydrogens (tertiary/aromatic N) is 2. The van der Waals surface area contributed by atoms with E-state index in [1.165, 1.54) is 11.3 Å². The Bertz CT molecular complexity index is 716. The smallest absolute Gasteiger partial charge is 0.260 e. The number of nitrogens with one attached hydrogen (secondary N) is 2. The quantitative estimate of drug-likeness (QED) is 0.866. The third kappa shape index (κ3) is 3.05. The first-order valence-corrected chi connectivity index (χ1v) is 10.4. The second-order valence-electron chi connectivity index (χ2n) is 4.86. The fourth-order valence-corrected chi connectivity index (χ4v) is 5.84. The van der Waals surface area contributed by atoms with E-state index >= 15 is 0 Å². The van der Waals surface area contributed by atoms with Crippen LogP contribution >= 0.6 is 23.1 Å². The van der Waals surface area contributed by atoms with Crippen molar-refractivity contribution in [2.24, 2.45) is 0 Å². The molecule has 0 amide bonds. The van der Waals surface area contributed by atoms with Crippen molar-refractivity contribution in [3.63, 3.8) is 0 Å². The second-order valence-corrected chi connectivity index (χ2v) is 8.59. The normalized spacial score (nSPS) is 17.4. The van der Waals surface area contributed by atoms with Crippen LogP contribution in [-0.4, -0.2) is 41.9 Å². The van der Waals surface area contributed by atoms with Crippen LogP contribution in [0, 0.1) is 0 Å². The molecule has 0 bridgehead atoms. The number of imidazole rings is 1. The van der Waals surface area contributed by atoms with Gasteiger partial charge in [-0.15, -0.1) is 11.3 Å². The Kier molecular flexibility index (Phi) is 4.43. The van der Waals surface area contributed by atoms with Crippen molar-refractivity contribution in [1.29, 1.82) is 0 Å². The number of thioether (sulfide) groups is 1. The van der Waals surface area contributed by atoms with Gasteiger partial charge in [-0.05, 0) is 31.3 Å². The molecule has 6 nitrogen and oxygen atoms in total. The number of thiazole rings is 1. The summed E-state index contributed by atoms with van der Waals surface area (Å²) < 4.78 is 30.0. The van der Waals surface area contributed by atoms with Crippen LogP contribution in [0.2, 0.25) is 0 Å². The van der Waals surface area contributed by atoms with Gasteiger partial charge in [-0.25, -0.2) is 18.1 Å². The van der Waals surface area contributed by atoms with Crippen LogP contribution in [0.1, 0.15) is 19.8 Å². The van der Waals surface area contributed by atoms with E-state index in [-0.39, 0.29) is 11.1 Å². The van der Waals surface area contributed by atoms with Crippen molar-refractivity contribution in [3.8, 4) is 0 Å². The minimum Gasteiger partial charge on any atom is -0.368 e. The predicted molar refractivity (Wildman–Crippen MR) is 87.9 cm³/mol. The van der Waals surface area contributed by atoms with Gasteiger partial charge in [-0.1, -0.05) is 0 Å². The van der Waals surface area contributed by atoms with E-state index in [1.54, 1.807) is 10.6 Å². The molecular formula is C12H18N4O2S3. The summed E-state index contributed by atoms with van der Waals surface area (Å²) in [6.45, 7) is 2.56. The van der Waals surface area contributed by atoms with Crippen molar-refractivity contribution in [2.75, 3.05) is 23.4 Å². The van der Waals surface area contributed by atoms with E-state index in [1.807, 2.05) is 24.1 Å². The summed E-state index contributed by atoms with van der Waals surface area (Å²) in [5, 5.41) is 5.11. The first-order valence-electron chi connectivity index (χ1n) is 6.91. The zero-order chi connectivity index (χ0) is 14.9. The summed E-state index contributed by atoms with van der Waals surface area (Å²) in [6.07, 6.45) is 3.51. The Morgan fingerprint density at radius 3 is 2.90 bits per heavy atom. The number of aromatic nitrogens is 2. The molecule has 0 spiro atoms. The highest BCUT2D eigenvalue weighted by Crippen LogP contribution is 2.27. The van der Waals surface area contributed by atoms with Gasteiger partial charge in [-0.3, -0.25) is 4.40 Å². The summed E-state index contributed by atoms with van der Waals surface area (Å²) >= 11 is 3.30. The Balaban J connectivity index is 1.96. The number of fused-ring (bicyclic) bond motifs is 1. The molecule has 0 saturated carbocycles. The number of rotatable bonds is 5. The Morgan fingerprint density at radius 2 is 2.19 bits per heavy atom. The lowest BCUT2D eigenvalue weighted by Gasteiger charge is -2.22. The van der Waals surface area contributed by atoms with Gasteiger partial charge in [0.05, 0.1) is 0 Å². The zero-order valence-electron chi connectivity index (χ0n) is 11.7. The minimum atomic E-state index is -3.58. The highest BCUT2D eigenvalue weighted by Gasteiger charge is 2.29. The molecule has 0 aromatic carbocycles. The van der Waals surface area contributed by atoms with Crippen molar-refractivity contribution in [3.05, 3.63) is 11.6 Å². The summed E-state index contributed by atoms with van der Waals surface area (Å²) in [5.74, 6) is 2.45. The van der Waals surface area contributed by atoms with Gasteiger partial charge in [0.2, 0.25) is 0 Å². The standard InChI is InChI=1S/C12H18N4O2S3/c1-2-13-10-11(16-5-8-20-12(16)14-10)21(17,18)15-9-3-6-19-7-4-9/h5,8-9,13,15H,2-4,6-7H2,1H3. The van der Waals surface area contributed by atoms with Crippen LogP contribution < -0.4 is 10.0 Å². The van der Waals surface area contributed by atoms with Gasteiger partial charge in [0, 0.05) is 24.2 Å². The second kappa shape index (κ2) is 6.15. The molecule has 2 aromatic heterocycles. The lowest BCUT2D eigenvalue weighted by Crippen LogP contribution is -2.38. The average Bonchev–Trinajstić information content (AvgIpc) is 2.99. The Labute approximate surface area is 132 Å². The molecule has 116 valence electrons. The molecule has 1 aliphatic rings. The molecule has 0 atom stereocenters. The average molecular weight is 347 g/mol. The van der Waals surface area contributed by atoms with E-state index in [9.17, 15) is 8.42 Å². The molecule has 21 heavy (non-hydrogen) atoms. The van der Waals surface area contributed by atoms with Gasteiger partial charge in [0.15, 0.2) is 15.8 Å². The first kappa shape index (κ1) is 15.1. The Morgan fingerprint density at radius 1 is 1.43 bits per heavy atom. The predicted octanol–water partition coefficient (Wildman–Crippen LogP) is 2.00. The molecule has 1 saturated heterocycles. The third-order valence-corrected chi connectivity index (χ3v) is 6.71. The third-order valence-electron chi connectivity index (χ3n) is 3.36. The van der Waals surface area contributed by atoms with E-state index in [2.05, 4.69) is 15.0 Å². The molecule has 0 radical (unpaired) electrons. The molecule has 2 N–H and O–H groups in total. The largest absolute Gasteiger partial charge is 0.368 e. The Hall–Kier alpha value is -0.770. The van der Waals surface area contributed by atoms with Gasteiger partial charge in [0.1, 0.15) is 0 Å². The zero-order valence-corrected chi connectivity index (χ0v) is 14.2. The molecule has 1 aliphatic heterocycles. The van der Waals surface area contributed by atoms with E-state index in [0.29, 0.717) is 17.3 Å². The molecule has 3 heterocycles. The maximum Gasteiger partial charge on any atom is 0.260 e. The van der Waals surface area contributed by atoms with Gasteiger partial charge >= 0.3 is 0 Å². The molecule has 0 aliphatic carbocycles. The highest BCUT2D eigenvalue weighted by atomic mass is 32.2. The van der Waals surface area contributed by atoms with Gasteiger partial charge < -0.3 is 5.32 Å². The fraction of sp³-hybridized carbons (Fsp3) is 0.583. The molecule has 1 fully saturated rings. The van der Waals surface area contributed by atoms with E-state index in [0.717, 1.165) is 24.3 Å². The number of anilines is 1. The van der Waals surface area contributed by atoms with E-state index < -0.39 is 10.0 Å². The van der Waals surface area contributed by atoms with Crippen molar-refractivity contribution >= 4 is 43.9 Å². The summed E-state index contributed by atoms with van der Waals surface area (Å²) in [5.41, 5.74) is 0. The molecule has 2 aromatic rings. The fourth-order valence-electron chi connectivity index (χ4n) is 2.40. The molecule has 0 unspecified atom stereocenters. The van der Waals surface area contributed by atoms with Crippen LogP contribution in [0.25, 0.3) is 4.96 Å². The van der Waals surface area contributed by atoms with E-state index in [4.69, 9.17) is 0 Å². The van der Waals surface area contributed by atoms with Crippen LogP contribution in [0.4, 0.5) is 5.82 Å². The van der Waals surface area contributed by atoms with Crippen molar-refractivity contribution < 1.29 is 8.42 Å².